The summed E-state index contributed by atoms with van der Waals surface area (Å²) in [4.78, 5) is 0. The SMILES string of the molecule is CC(CCN)NCc1ccco1. The highest BCUT2D eigenvalue weighted by Gasteiger charge is 2.00. The van der Waals surface area contributed by atoms with Gasteiger partial charge in [0.25, 0.3) is 0 Å². The molecule has 1 aromatic heterocycles. The first-order chi connectivity index (χ1) is 5.83. The number of hydrogen-bond acceptors (Lipinski definition) is 3. The lowest BCUT2D eigenvalue weighted by molar-refractivity contribution is 0.446. The van der Waals surface area contributed by atoms with E-state index in [4.69, 9.17) is 10.2 Å². The normalized spacial score (nSPS) is 13.2. The topological polar surface area (TPSA) is 51.2 Å². The van der Waals surface area contributed by atoms with E-state index in [2.05, 4.69) is 12.2 Å². The summed E-state index contributed by atoms with van der Waals surface area (Å²) in [6.45, 7) is 3.64. The molecule has 68 valence electrons. The fourth-order valence-corrected chi connectivity index (χ4v) is 1.04. The summed E-state index contributed by atoms with van der Waals surface area (Å²) in [6, 6.07) is 4.31. The molecule has 0 amide bonds. The van der Waals surface area contributed by atoms with Gasteiger partial charge in [0.05, 0.1) is 12.8 Å². The van der Waals surface area contributed by atoms with Crippen molar-refractivity contribution < 1.29 is 4.42 Å². The fraction of sp³-hybridized carbons (Fsp3) is 0.556. The van der Waals surface area contributed by atoms with Gasteiger partial charge >= 0.3 is 0 Å². The van der Waals surface area contributed by atoms with E-state index in [9.17, 15) is 0 Å². The molecule has 0 fully saturated rings. The van der Waals surface area contributed by atoms with Gasteiger partial charge in [0.1, 0.15) is 5.76 Å². The van der Waals surface area contributed by atoms with Crippen molar-refractivity contribution in [3.05, 3.63) is 24.2 Å². The molecule has 1 atom stereocenters. The van der Waals surface area contributed by atoms with Gasteiger partial charge < -0.3 is 15.5 Å². The summed E-state index contributed by atoms with van der Waals surface area (Å²) in [6.07, 6.45) is 2.69. The zero-order valence-electron chi connectivity index (χ0n) is 7.42. The summed E-state index contributed by atoms with van der Waals surface area (Å²) in [5.74, 6) is 0.971. The molecule has 3 N–H and O–H groups in total. The van der Waals surface area contributed by atoms with Crippen LogP contribution in [0.3, 0.4) is 0 Å². The average molecular weight is 168 g/mol. The second-order valence-electron chi connectivity index (χ2n) is 2.94. The van der Waals surface area contributed by atoms with Crippen LogP contribution >= 0.6 is 0 Å². The lowest BCUT2D eigenvalue weighted by Gasteiger charge is -2.10. The Kier molecular flexibility index (Phi) is 3.84. The Labute approximate surface area is 72.9 Å². The number of rotatable bonds is 5. The zero-order chi connectivity index (χ0) is 8.81. The lowest BCUT2D eigenvalue weighted by atomic mass is 10.2. The quantitative estimate of drug-likeness (QED) is 0.692. The monoisotopic (exact) mass is 168 g/mol. The summed E-state index contributed by atoms with van der Waals surface area (Å²) < 4.78 is 5.17. The number of furan rings is 1. The minimum Gasteiger partial charge on any atom is -0.468 e. The highest BCUT2D eigenvalue weighted by molar-refractivity contribution is 4.97. The van der Waals surface area contributed by atoms with Crippen LogP contribution in [0.5, 0.6) is 0 Å². The molecule has 12 heavy (non-hydrogen) atoms. The highest BCUT2D eigenvalue weighted by Crippen LogP contribution is 1.99. The smallest absolute Gasteiger partial charge is 0.117 e. The molecule has 0 aliphatic rings. The van der Waals surface area contributed by atoms with E-state index < -0.39 is 0 Å². The van der Waals surface area contributed by atoms with Crippen molar-refractivity contribution in [2.24, 2.45) is 5.73 Å². The van der Waals surface area contributed by atoms with Crippen molar-refractivity contribution in [2.75, 3.05) is 6.54 Å². The average Bonchev–Trinajstić information content (AvgIpc) is 2.53. The zero-order valence-corrected chi connectivity index (χ0v) is 7.42. The van der Waals surface area contributed by atoms with Crippen LogP contribution in [0.15, 0.2) is 22.8 Å². The molecule has 3 nitrogen and oxygen atoms in total. The van der Waals surface area contributed by atoms with Gasteiger partial charge in [-0.3, -0.25) is 0 Å². The standard InChI is InChI=1S/C9H16N2O/c1-8(4-5-10)11-7-9-3-2-6-12-9/h2-3,6,8,11H,4-5,7,10H2,1H3. The molecular formula is C9H16N2O. The third-order valence-electron chi connectivity index (χ3n) is 1.80. The van der Waals surface area contributed by atoms with Gasteiger partial charge in [-0.25, -0.2) is 0 Å². The number of nitrogens with one attached hydrogen (secondary N) is 1. The molecule has 1 aromatic rings. The molecule has 0 saturated heterocycles. The summed E-state index contributed by atoms with van der Waals surface area (Å²) in [5, 5.41) is 3.31. The molecule has 1 unspecified atom stereocenters. The Morgan fingerprint density at radius 1 is 1.67 bits per heavy atom. The Balaban J connectivity index is 2.17. The van der Waals surface area contributed by atoms with Crippen molar-refractivity contribution in [1.29, 1.82) is 0 Å². The van der Waals surface area contributed by atoms with Gasteiger partial charge in [-0.1, -0.05) is 0 Å². The maximum atomic E-state index is 5.41. The van der Waals surface area contributed by atoms with Gasteiger partial charge in [0, 0.05) is 6.04 Å². The van der Waals surface area contributed by atoms with E-state index in [1.54, 1.807) is 6.26 Å². The Morgan fingerprint density at radius 2 is 2.50 bits per heavy atom. The van der Waals surface area contributed by atoms with Crippen LogP contribution in [-0.2, 0) is 6.54 Å². The van der Waals surface area contributed by atoms with Crippen LogP contribution in [0, 0.1) is 0 Å². The van der Waals surface area contributed by atoms with Gasteiger partial charge in [0.15, 0.2) is 0 Å². The van der Waals surface area contributed by atoms with Crippen molar-refractivity contribution in [1.82, 2.24) is 5.32 Å². The Bertz CT molecular complexity index is 196. The first kappa shape index (κ1) is 9.29. The second-order valence-corrected chi connectivity index (χ2v) is 2.94. The van der Waals surface area contributed by atoms with Gasteiger partial charge in [-0.2, -0.15) is 0 Å². The fourth-order valence-electron chi connectivity index (χ4n) is 1.04. The lowest BCUT2D eigenvalue weighted by Crippen LogP contribution is -2.27. The van der Waals surface area contributed by atoms with Crippen molar-refractivity contribution in [3.8, 4) is 0 Å². The predicted molar refractivity (Wildman–Crippen MR) is 48.7 cm³/mol. The molecule has 0 bridgehead atoms. The first-order valence-corrected chi connectivity index (χ1v) is 4.28. The largest absolute Gasteiger partial charge is 0.468 e. The summed E-state index contributed by atoms with van der Waals surface area (Å²) in [5.41, 5.74) is 5.41. The Hall–Kier alpha value is -0.800. The molecule has 0 aliphatic heterocycles. The van der Waals surface area contributed by atoms with Crippen molar-refractivity contribution in [3.63, 3.8) is 0 Å². The molecule has 3 heteroatoms. The molecule has 0 aliphatic carbocycles. The van der Waals surface area contributed by atoms with E-state index in [0.29, 0.717) is 6.04 Å². The van der Waals surface area contributed by atoms with Crippen LogP contribution in [0.2, 0.25) is 0 Å². The van der Waals surface area contributed by atoms with Crippen LogP contribution in [0.25, 0.3) is 0 Å². The van der Waals surface area contributed by atoms with Crippen molar-refractivity contribution in [2.45, 2.75) is 25.9 Å². The van der Waals surface area contributed by atoms with Crippen molar-refractivity contribution >= 4 is 0 Å². The van der Waals surface area contributed by atoms with E-state index in [0.717, 1.165) is 25.3 Å². The van der Waals surface area contributed by atoms with Gasteiger partial charge in [-0.15, -0.1) is 0 Å². The summed E-state index contributed by atoms with van der Waals surface area (Å²) in [7, 11) is 0. The van der Waals surface area contributed by atoms with E-state index in [-0.39, 0.29) is 0 Å². The first-order valence-electron chi connectivity index (χ1n) is 4.28. The van der Waals surface area contributed by atoms with E-state index in [1.807, 2.05) is 12.1 Å². The molecule has 0 aromatic carbocycles. The molecule has 0 radical (unpaired) electrons. The maximum Gasteiger partial charge on any atom is 0.117 e. The van der Waals surface area contributed by atoms with Gasteiger partial charge in [0.2, 0.25) is 0 Å². The van der Waals surface area contributed by atoms with Gasteiger partial charge in [-0.05, 0) is 32.0 Å². The number of hydrogen-bond donors (Lipinski definition) is 2. The number of nitrogens with two attached hydrogens (primary N) is 1. The molecular weight excluding hydrogens is 152 g/mol. The molecule has 1 heterocycles. The highest BCUT2D eigenvalue weighted by atomic mass is 16.3. The molecule has 1 rings (SSSR count). The van der Waals surface area contributed by atoms with Crippen LogP contribution < -0.4 is 11.1 Å². The molecule has 0 spiro atoms. The van der Waals surface area contributed by atoms with Crippen LogP contribution in [0.1, 0.15) is 19.1 Å². The maximum absolute atomic E-state index is 5.41. The minimum absolute atomic E-state index is 0.458. The second kappa shape index (κ2) is 4.95. The third-order valence-corrected chi connectivity index (χ3v) is 1.80. The molecule has 0 saturated carbocycles. The third kappa shape index (κ3) is 3.07. The summed E-state index contributed by atoms with van der Waals surface area (Å²) >= 11 is 0. The Morgan fingerprint density at radius 3 is 3.08 bits per heavy atom. The van der Waals surface area contributed by atoms with Crippen LogP contribution in [-0.4, -0.2) is 12.6 Å². The van der Waals surface area contributed by atoms with Crippen LogP contribution in [0.4, 0.5) is 0 Å². The minimum atomic E-state index is 0.458. The van der Waals surface area contributed by atoms with E-state index in [1.165, 1.54) is 0 Å². The predicted octanol–water partition coefficient (Wildman–Crippen LogP) is 1.11. The van der Waals surface area contributed by atoms with E-state index >= 15 is 0 Å².